The van der Waals surface area contributed by atoms with Crippen LogP contribution in [0, 0.1) is 12.1 Å². The van der Waals surface area contributed by atoms with Crippen LogP contribution in [0.3, 0.4) is 0 Å². The summed E-state index contributed by atoms with van der Waals surface area (Å²) in [5.74, 6) is 3.06. The van der Waals surface area contributed by atoms with Gasteiger partial charge in [0.25, 0.3) is 0 Å². The molecule has 2 aliphatic heterocycles. The maximum Gasteiger partial charge on any atom is 2.00 e. The number of aromatic nitrogens is 2. The molecule has 2 aromatic heterocycles. The van der Waals surface area contributed by atoms with E-state index < -0.39 is 0 Å². The zero-order valence-electron chi connectivity index (χ0n) is 24.7. The molecule has 7 heteroatoms. The molecule has 0 amide bonds. The first-order chi connectivity index (χ1) is 20.3. The smallest absolute Gasteiger partial charge is 0.537 e. The monoisotopic (exact) mass is 742 g/mol. The Bertz CT molecular complexity index is 2050. The van der Waals surface area contributed by atoms with Crippen LogP contribution in [0.25, 0.3) is 27.6 Å². The summed E-state index contributed by atoms with van der Waals surface area (Å²) < 4.78 is 15.0. The van der Waals surface area contributed by atoms with Crippen molar-refractivity contribution in [1.82, 2.24) is 9.55 Å². The average Bonchev–Trinajstić information content (AvgIpc) is 3.49. The van der Waals surface area contributed by atoms with Crippen molar-refractivity contribution in [3.05, 3.63) is 114 Å². The molecule has 6 aromatic rings. The van der Waals surface area contributed by atoms with E-state index in [1.807, 2.05) is 61.8 Å². The molecule has 0 aliphatic carbocycles. The Hall–Kier alpha value is -4.02. The van der Waals surface area contributed by atoms with Crippen molar-refractivity contribution in [3.8, 4) is 23.1 Å². The summed E-state index contributed by atoms with van der Waals surface area (Å²) in [6.07, 6.45) is 1.88. The molecule has 214 valence electrons. The standard InChI is InChI=1S/C36H30BN3O2.Pt/c1-35(2)28-14-9-13-27-26-19-18-25(22-31(26)40(33(27)28)34-29(36(35,3)4)15-10-20-38-34)41-24-12-8-11-23(21-24)37-39(5)30-16-6-7-17-32(30)42-37;/h6-20H,1-5H3;/q-2;+2. The Labute approximate surface area is 266 Å². The molecule has 4 aromatic carbocycles. The Morgan fingerprint density at radius 1 is 0.767 bits per heavy atom. The fraction of sp³-hybridized carbons (Fsp3) is 0.194. The third-order valence-corrected chi connectivity index (χ3v) is 9.69. The summed E-state index contributed by atoms with van der Waals surface area (Å²) in [5.41, 5.74) is 6.32. The molecule has 0 unspecified atom stereocenters. The number of benzene rings is 4. The number of nitrogens with zero attached hydrogens (tertiary/aromatic N) is 3. The molecule has 0 spiro atoms. The topological polar surface area (TPSA) is 39.5 Å². The molecule has 2 aliphatic rings. The van der Waals surface area contributed by atoms with Crippen molar-refractivity contribution >= 4 is 40.0 Å². The van der Waals surface area contributed by atoms with Gasteiger partial charge < -0.3 is 18.8 Å². The molecule has 0 radical (unpaired) electrons. The quantitative estimate of drug-likeness (QED) is 0.141. The minimum atomic E-state index is -0.269. The van der Waals surface area contributed by atoms with Crippen LogP contribution >= 0.6 is 0 Å². The van der Waals surface area contributed by atoms with Gasteiger partial charge in [-0.25, -0.2) is 4.98 Å². The van der Waals surface area contributed by atoms with Crippen molar-refractivity contribution in [2.24, 2.45) is 0 Å². The Morgan fingerprint density at radius 2 is 1.51 bits per heavy atom. The molecule has 8 rings (SSSR count). The number of anilines is 1. The molecule has 0 atom stereocenters. The van der Waals surface area contributed by atoms with E-state index in [9.17, 15) is 0 Å². The van der Waals surface area contributed by atoms with Gasteiger partial charge in [0.2, 0.25) is 0 Å². The van der Waals surface area contributed by atoms with E-state index in [4.69, 9.17) is 14.4 Å². The molecular formula is C36H30BN3O2Pt. The van der Waals surface area contributed by atoms with Gasteiger partial charge in [-0.3, -0.25) is 0 Å². The van der Waals surface area contributed by atoms with Crippen LogP contribution in [0.2, 0.25) is 0 Å². The van der Waals surface area contributed by atoms with Gasteiger partial charge in [0, 0.05) is 39.6 Å². The van der Waals surface area contributed by atoms with Gasteiger partial charge in [-0.05, 0) is 36.2 Å². The molecule has 43 heavy (non-hydrogen) atoms. The van der Waals surface area contributed by atoms with E-state index in [0.717, 1.165) is 33.6 Å². The summed E-state index contributed by atoms with van der Waals surface area (Å²) in [7, 11) is 1.77. The summed E-state index contributed by atoms with van der Waals surface area (Å²) >= 11 is 0. The minimum Gasteiger partial charge on any atom is -0.537 e. The third kappa shape index (κ3) is 3.92. The Kier molecular flexibility index (Phi) is 6.30. The van der Waals surface area contributed by atoms with Crippen molar-refractivity contribution in [1.29, 1.82) is 0 Å². The van der Waals surface area contributed by atoms with Crippen molar-refractivity contribution < 1.29 is 30.5 Å². The predicted octanol–water partition coefficient (Wildman–Crippen LogP) is 7.36. The van der Waals surface area contributed by atoms with Crippen LogP contribution in [0.1, 0.15) is 38.8 Å². The summed E-state index contributed by atoms with van der Waals surface area (Å²) in [5, 5.41) is 2.32. The van der Waals surface area contributed by atoms with Crippen LogP contribution in [0.5, 0.6) is 17.2 Å². The fourth-order valence-corrected chi connectivity index (χ4v) is 6.72. The third-order valence-electron chi connectivity index (χ3n) is 9.69. The normalized spacial score (nSPS) is 15.8. The number of rotatable bonds is 3. The molecule has 0 saturated carbocycles. The van der Waals surface area contributed by atoms with Gasteiger partial charge in [0.05, 0.1) is 5.69 Å². The second-order valence-corrected chi connectivity index (χ2v) is 12.4. The molecular weight excluding hydrogens is 712 g/mol. The van der Waals surface area contributed by atoms with Crippen LogP contribution in [0.15, 0.2) is 91.1 Å². The minimum absolute atomic E-state index is 0. The molecule has 0 bridgehead atoms. The second kappa shape index (κ2) is 9.75. The van der Waals surface area contributed by atoms with Gasteiger partial charge in [0.15, 0.2) is 0 Å². The van der Waals surface area contributed by atoms with Gasteiger partial charge in [-0.15, -0.1) is 35.1 Å². The number of para-hydroxylation sites is 3. The zero-order chi connectivity index (χ0) is 28.8. The number of hydrogen-bond acceptors (Lipinski definition) is 4. The van der Waals surface area contributed by atoms with Crippen molar-refractivity contribution in [2.45, 2.75) is 38.5 Å². The van der Waals surface area contributed by atoms with Crippen molar-refractivity contribution in [2.75, 3.05) is 11.9 Å². The van der Waals surface area contributed by atoms with Crippen LogP contribution in [-0.2, 0) is 31.9 Å². The molecule has 0 saturated heterocycles. The van der Waals surface area contributed by atoms with Crippen molar-refractivity contribution in [3.63, 3.8) is 0 Å². The Balaban J connectivity index is 0.00000300. The first kappa shape index (κ1) is 27.8. The molecule has 5 nitrogen and oxygen atoms in total. The van der Waals surface area contributed by atoms with Gasteiger partial charge >= 0.3 is 28.1 Å². The first-order valence-electron chi connectivity index (χ1n) is 14.4. The maximum atomic E-state index is 6.42. The van der Waals surface area contributed by atoms with Gasteiger partial charge in [-0.1, -0.05) is 69.6 Å². The summed E-state index contributed by atoms with van der Waals surface area (Å²) in [6, 6.07) is 36.1. The van der Waals surface area contributed by atoms with Crippen LogP contribution in [-0.4, -0.2) is 23.6 Å². The van der Waals surface area contributed by atoms with E-state index >= 15 is 0 Å². The Morgan fingerprint density at radius 3 is 2.35 bits per heavy atom. The summed E-state index contributed by atoms with van der Waals surface area (Å²) in [6.45, 7) is 9.34. The largest absolute Gasteiger partial charge is 2.00 e. The van der Waals surface area contributed by atoms with Crippen LogP contribution in [0.4, 0.5) is 5.69 Å². The van der Waals surface area contributed by atoms with Crippen LogP contribution < -0.4 is 19.7 Å². The average molecular weight is 743 g/mol. The van der Waals surface area contributed by atoms with E-state index in [0.29, 0.717) is 11.5 Å². The zero-order valence-corrected chi connectivity index (χ0v) is 27.0. The van der Waals surface area contributed by atoms with Gasteiger partial charge in [-0.2, -0.15) is 18.2 Å². The molecule has 0 N–H and O–H groups in total. The van der Waals surface area contributed by atoms with E-state index in [-0.39, 0.29) is 38.9 Å². The molecule has 0 fully saturated rings. The number of ether oxygens (including phenoxy) is 1. The number of hydrogen-bond donors (Lipinski definition) is 0. The van der Waals surface area contributed by atoms with Gasteiger partial charge in [0.1, 0.15) is 11.6 Å². The van der Waals surface area contributed by atoms with E-state index in [2.05, 4.69) is 85.6 Å². The maximum absolute atomic E-state index is 6.42. The second-order valence-electron chi connectivity index (χ2n) is 12.4. The SMILES string of the molecule is CN1B(c2[c-]c(Oc3[c-]c4c(cc3)c3cccc5c3n4-c3ncccc3C(C)(C)C5(C)C)ccc2)Oc2ccccc21.[Pt+2]. The van der Waals surface area contributed by atoms with E-state index in [1.54, 1.807) is 0 Å². The number of fused-ring (bicyclic) bond motifs is 6. The first-order valence-corrected chi connectivity index (χ1v) is 14.4. The predicted molar refractivity (Wildman–Crippen MR) is 170 cm³/mol. The molecule has 4 heterocycles. The van der Waals surface area contributed by atoms with E-state index in [1.165, 1.54) is 22.0 Å². The number of pyridine rings is 1. The summed E-state index contributed by atoms with van der Waals surface area (Å²) in [4.78, 5) is 7.08. The fourth-order valence-electron chi connectivity index (χ4n) is 6.72.